The fraction of sp³-hybridized carbons (Fsp3) is 0.167. The maximum atomic E-state index is 4.50. The summed E-state index contributed by atoms with van der Waals surface area (Å²) in [7, 11) is 0. The minimum Gasteiger partial charge on any atom is -0.306 e. The number of rotatable bonds is 5. The van der Waals surface area contributed by atoms with Crippen LogP contribution >= 0.6 is 11.3 Å². The highest BCUT2D eigenvalue weighted by molar-refractivity contribution is 7.15. The van der Waals surface area contributed by atoms with Crippen molar-refractivity contribution < 1.29 is 0 Å². The zero-order chi connectivity index (χ0) is 14.5. The molecule has 0 saturated carbocycles. The molecule has 21 heavy (non-hydrogen) atoms. The van der Waals surface area contributed by atoms with Crippen molar-refractivity contribution in [1.29, 1.82) is 0 Å². The first kappa shape index (κ1) is 14.0. The van der Waals surface area contributed by atoms with Crippen LogP contribution in [0, 0.1) is 6.92 Å². The number of hydrogen-bond acceptors (Lipinski definition) is 3. The number of hydrogen-bond donors (Lipinski definition) is 1. The molecule has 0 atom stereocenters. The number of benzene rings is 2. The maximum Gasteiger partial charge on any atom is 0.107 e. The third-order valence-electron chi connectivity index (χ3n) is 3.34. The Morgan fingerprint density at radius 2 is 1.71 bits per heavy atom. The normalized spacial score (nSPS) is 10.7. The van der Waals surface area contributed by atoms with Gasteiger partial charge in [-0.25, -0.2) is 4.98 Å². The first-order valence-corrected chi connectivity index (χ1v) is 7.89. The summed E-state index contributed by atoms with van der Waals surface area (Å²) in [4.78, 5) is 5.73. The van der Waals surface area contributed by atoms with Crippen LogP contribution < -0.4 is 5.32 Å². The Morgan fingerprint density at radius 3 is 2.48 bits per heavy atom. The Hall–Kier alpha value is -1.97. The Labute approximate surface area is 129 Å². The SMILES string of the molecule is Cc1ccc(-c2cnc(CNCc3ccccc3)s2)cc1. The van der Waals surface area contributed by atoms with Gasteiger partial charge in [0, 0.05) is 19.3 Å². The van der Waals surface area contributed by atoms with Crippen LogP contribution in [-0.2, 0) is 13.1 Å². The Kier molecular flexibility index (Phi) is 4.43. The first-order valence-electron chi connectivity index (χ1n) is 7.07. The summed E-state index contributed by atoms with van der Waals surface area (Å²) >= 11 is 1.75. The Balaban J connectivity index is 1.59. The highest BCUT2D eigenvalue weighted by atomic mass is 32.1. The second kappa shape index (κ2) is 6.66. The van der Waals surface area contributed by atoms with Gasteiger partial charge in [-0.3, -0.25) is 0 Å². The molecule has 1 heterocycles. The Morgan fingerprint density at radius 1 is 0.952 bits per heavy atom. The standard InChI is InChI=1S/C18H18N2S/c1-14-7-9-16(10-8-14)17-12-20-18(21-17)13-19-11-15-5-3-2-4-6-15/h2-10,12,19H,11,13H2,1H3. The average Bonchev–Trinajstić information content (AvgIpc) is 2.98. The monoisotopic (exact) mass is 294 g/mol. The minimum absolute atomic E-state index is 0.811. The van der Waals surface area contributed by atoms with Crippen molar-refractivity contribution in [1.82, 2.24) is 10.3 Å². The molecule has 1 N–H and O–H groups in total. The lowest BCUT2D eigenvalue weighted by Crippen LogP contribution is -2.12. The van der Waals surface area contributed by atoms with Gasteiger partial charge in [-0.05, 0) is 18.1 Å². The molecule has 2 nitrogen and oxygen atoms in total. The molecule has 0 aliphatic rings. The molecule has 0 aliphatic carbocycles. The van der Waals surface area contributed by atoms with E-state index < -0.39 is 0 Å². The van der Waals surface area contributed by atoms with Crippen LogP contribution in [0.2, 0.25) is 0 Å². The molecule has 0 radical (unpaired) electrons. The van der Waals surface area contributed by atoms with Crippen molar-refractivity contribution >= 4 is 11.3 Å². The predicted molar refractivity (Wildman–Crippen MR) is 89.3 cm³/mol. The second-order valence-electron chi connectivity index (χ2n) is 5.07. The van der Waals surface area contributed by atoms with Crippen molar-refractivity contribution in [2.45, 2.75) is 20.0 Å². The van der Waals surface area contributed by atoms with Crippen LogP contribution in [0.3, 0.4) is 0 Å². The molecule has 0 aliphatic heterocycles. The van der Waals surface area contributed by atoms with Gasteiger partial charge in [0.2, 0.25) is 0 Å². The van der Waals surface area contributed by atoms with Gasteiger partial charge in [-0.15, -0.1) is 11.3 Å². The topological polar surface area (TPSA) is 24.9 Å². The molecule has 0 unspecified atom stereocenters. The van der Waals surface area contributed by atoms with Gasteiger partial charge in [0.1, 0.15) is 5.01 Å². The van der Waals surface area contributed by atoms with E-state index in [1.807, 2.05) is 12.3 Å². The van der Waals surface area contributed by atoms with E-state index >= 15 is 0 Å². The molecule has 3 aromatic rings. The van der Waals surface area contributed by atoms with Crippen LogP contribution in [0.4, 0.5) is 0 Å². The zero-order valence-corrected chi connectivity index (χ0v) is 12.9. The predicted octanol–water partition coefficient (Wildman–Crippen LogP) is 4.41. The van der Waals surface area contributed by atoms with Gasteiger partial charge in [0.05, 0.1) is 4.88 Å². The summed E-state index contributed by atoms with van der Waals surface area (Å²) in [5.74, 6) is 0. The number of nitrogens with zero attached hydrogens (tertiary/aromatic N) is 1. The summed E-state index contributed by atoms with van der Waals surface area (Å²) in [5, 5.41) is 4.57. The number of aryl methyl sites for hydroxylation is 1. The van der Waals surface area contributed by atoms with Crippen LogP contribution in [-0.4, -0.2) is 4.98 Å². The average molecular weight is 294 g/mol. The van der Waals surface area contributed by atoms with E-state index in [0.29, 0.717) is 0 Å². The molecule has 0 saturated heterocycles. The molecule has 1 aromatic heterocycles. The number of nitrogens with one attached hydrogen (secondary N) is 1. The molecular formula is C18H18N2S. The second-order valence-corrected chi connectivity index (χ2v) is 6.19. The van der Waals surface area contributed by atoms with Gasteiger partial charge in [-0.1, -0.05) is 60.2 Å². The van der Waals surface area contributed by atoms with Crippen LogP contribution in [0.25, 0.3) is 10.4 Å². The minimum atomic E-state index is 0.811. The highest BCUT2D eigenvalue weighted by Crippen LogP contribution is 2.26. The number of aromatic nitrogens is 1. The summed E-state index contributed by atoms with van der Waals surface area (Å²) in [5.41, 5.74) is 3.83. The van der Waals surface area contributed by atoms with Crippen molar-refractivity contribution in [2.75, 3.05) is 0 Å². The van der Waals surface area contributed by atoms with Gasteiger partial charge in [0.25, 0.3) is 0 Å². The summed E-state index contributed by atoms with van der Waals surface area (Å²) in [6, 6.07) is 19.0. The molecule has 0 fully saturated rings. The lowest BCUT2D eigenvalue weighted by molar-refractivity contribution is 0.690. The highest BCUT2D eigenvalue weighted by Gasteiger charge is 2.04. The van der Waals surface area contributed by atoms with Crippen LogP contribution in [0.1, 0.15) is 16.1 Å². The number of thiazole rings is 1. The molecule has 0 bridgehead atoms. The van der Waals surface area contributed by atoms with Crippen molar-refractivity contribution in [3.63, 3.8) is 0 Å². The van der Waals surface area contributed by atoms with E-state index in [9.17, 15) is 0 Å². The maximum absolute atomic E-state index is 4.50. The first-order chi connectivity index (χ1) is 10.3. The van der Waals surface area contributed by atoms with E-state index in [1.54, 1.807) is 11.3 Å². The zero-order valence-electron chi connectivity index (χ0n) is 12.0. The van der Waals surface area contributed by atoms with Gasteiger partial charge in [-0.2, -0.15) is 0 Å². The molecular weight excluding hydrogens is 276 g/mol. The van der Waals surface area contributed by atoms with E-state index in [2.05, 4.69) is 65.8 Å². The van der Waals surface area contributed by atoms with Gasteiger partial charge < -0.3 is 5.32 Å². The fourth-order valence-corrected chi connectivity index (χ4v) is 3.05. The van der Waals surface area contributed by atoms with Crippen molar-refractivity contribution in [3.05, 3.63) is 76.9 Å². The Bertz CT molecular complexity index is 687. The lowest BCUT2D eigenvalue weighted by atomic mass is 10.1. The molecule has 0 amide bonds. The summed E-state index contributed by atoms with van der Waals surface area (Å²) in [6.07, 6.45) is 1.97. The molecule has 3 heteroatoms. The van der Waals surface area contributed by atoms with E-state index in [1.165, 1.54) is 21.6 Å². The third kappa shape index (κ3) is 3.78. The molecule has 0 spiro atoms. The van der Waals surface area contributed by atoms with Gasteiger partial charge in [0.15, 0.2) is 0 Å². The van der Waals surface area contributed by atoms with E-state index in [0.717, 1.165) is 18.1 Å². The smallest absolute Gasteiger partial charge is 0.107 e. The van der Waals surface area contributed by atoms with Crippen molar-refractivity contribution in [2.24, 2.45) is 0 Å². The van der Waals surface area contributed by atoms with E-state index in [4.69, 9.17) is 0 Å². The van der Waals surface area contributed by atoms with Crippen LogP contribution in [0.5, 0.6) is 0 Å². The molecule has 106 valence electrons. The third-order valence-corrected chi connectivity index (χ3v) is 4.38. The largest absolute Gasteiger partial charge is 0.306 e. The van der Waals surface area contributed by atoms with Crippen molar-refractivity contribution in [3.8, 4) is 10.4 Å². The summed E-state index contributed by atoms with van der Waals surface area (Å²) in [6.45, 7) is 3.79. The quantitative estimate of drug-likeness (QED) is 0.754. The molecule has 3 rings (SSSR count). The van der Waals surface area contributed by atoms with E-state index in [-0.39, 0.29) is 0 Å². The lowest BCUT2D eigenvalue weighted by Gasteiger charge is -2.02. The summed E-state index contributed by atoms with van der Waals surface area (Å²) < 4.78 is 0. The van der Waals surface area contributed by atoms with Crippen LogP contribution in [0.15, 0.2) is 60.8 Å². The molecule has 2 aromatic carbocycles. The fourth-order valence-electron chi connectivity index (χ4n) is 2.15. The van der Waals surface area contributed by atoms with Gasteiger partial charge >= 0.3 is 0 Å².